The van der Waals surface area contributed by atoms with Gasteiger partial charge in [-0.05, 0) is 126 Å². The Balaban J connectivity index is 0.00000308. The van der Waals surface area contributed by atoms with Crippen LogP contribution in [0, 0.1) is 56.7 Å². The molecule has 4 heteroatoms. The molecule has 1 aromatic heterocycles. The number of halogens is 1. The Morgan fingerprint density at radius 2 is 1.54 bits per heavy atom. The van der Waals surface area contributed by atoms with Crippen LogP contribution in [-0.2, 0) is 6.54 Å². The molecule has 218 valence electrons. The number of aliphatic hydroxyl groups excluding tert-OH is 2. The maximum atomic E-state index is 11.0. The van der Waals surface area contributed by atoms with Gasteiger partial charge in [-0.15, -0.1) is 0 Å². The molecule has 39 heavy (non-hydrogen) atoms. The van der Waals surface area contributed by atoms with Crippen molar-refractivity contribution in [2.45, 2.75) is 111 Å². The summed E-state index contributed by atoms with van der Waals surface area (Å²) in [6, 6.07) is 6.31. The molecule has 5 saturated carbocycles. The summed E-state index contributed by atoms with van der Waals surface area (Å²) in [5, 5.41) is 21.9. The molecular weight excluding hydrogens is 546 g/mol. The molecule has 0 radical (unpaired) electrons. The summed E-state index contributed by atoms with van der Waals surface area (Å²) in [7, 11) is 0. The highest BCUT2D eigenvalue weighted by molar-refractivity contribution is 5.21. The van der Waals surface area contributed by atoms with Crippen molar-refractivity contribution in [1.82, 2.24) is 0 Å². The second kappa shape index (κ2) is 9.94. The van der Waals surface area contributed by atoms with Crippen LogP contribution in [0.5, 0.6) is 0 Å². The van der Waals surface area contributed by atoms with Gasteiger partial charge in [-0.2, -0.15) is 0 Å². The normalized spacial score (nSPS) is 48.1. The predicted molar refractivity (Wildman–Crippen MR) is 153 cm³/mol. The van der Waals surface area contributed by atoms with Gasteiger partial charge in [0.05, 0.1) is 6.10 Å². The van der Waals surface area contributed by atoms with Gasteiger partial charge in [0.1, 0.15) is 0 Å². The highest BCUT2D eigenvalue weighted by atomic mass is 79.9. The first-order valence-electron chi connectivity index (χ1n) is 15.8. The topological polar surface area (TPSA) is 44.3 Å². The van der Waals surface area contributed by atoms with Crippen LogP contribution >= 0.6 is 0 Å². The Morgan fingerprint density at radius 1 is 0.821 bits per heavy atom. The molecule has 0 spiro atoms. The standard InChI is InChI=1S/C35H54NO2.BrH/c1-24(22-36-20-8-7-9-21-36)25-12-17-35(23-37)19-18-33(5)26(30(25)35)10-11-28-32(4)15-14-29(38)31(2,3)27(32)13-16-34(28,33)6;/h7-9,20-21,25-30,37-38H,1,10-19,22-23H2,2-6H3;1H/q+1;/p-1/t25-,26+,27-,28+,29?,30+,32-,33+,34+,35+;/m0./s1. The number of pyridine rings is 1. The molecule has 0 aromatic carbocycles. The number of rotatable bonds is 4. The van der Waals surface area contributed by atoms with E-state index in [-0.39, 0.29) is 33.9 Å². The Morgan fingerprint density at radius 3 is 2.23 bits per heavy atom. The van der Waals surface area contributed by atoms with Crippen LogP contribution < -0.4 is 21.5 Å². The molecule has 0 bridgehead atoms. The lowest BCUT2D eigenvalue weighted by Gasteiger charge is -2.73. The average Bonchev–Trinajstić information content (AvgIpc) is 3.28. The molecule has 0 amide bonds. The Hall–Kier alpha value is -0.710. The third-order valence-electron chi connectivity index (χ3n) is 14.6. The van der Waals surface area contributed by atoms with E-state index in [4.69, 9.17) is 6.58 Å². The number of aliphatic hydroxyl groups is 2. The summed E-state index contributed by atoms with van der Waals surface area (Å²) >= 11 is 0. The smallest absolute Gasteiger partial charge is 0.169 e. The molecule has 0 aliphatic heterocycles. The SMILES string of the molecule is C=C(C[n+]1ccccc1)[C@@H]1CC[C@]2(CO)CC[C@]3(C)[C@H](CC[C@@H]4[C@@]5(C)CCC(O)C(C)(C)[C@@H]5CC[C@]43C)[C@@H]12.[Br-]. The van der Waals surface area contributed by atoms with Crippen molar-refractivity contribution < 1.29 is 31.8 Å². The van der Waals surface area contributed by atoms with Gasteiger partial charge in [0.25, 0.3) is 0 Å². The van der Waals surface area contributed by atoms with Gasteiger partial charge in [-0.1, -0.05) is 47.3 Å². The third-order valence-corrected chi connectivity index (χ3v) is 14.6. The van der Waals surface area contributed by atoms with Gasteiger partial charge in [-0.25, -0.2) is 4.57 Å². The fourth-order valence-corrected chi connectivity index (χ4v) is 12.3. The van der Waals surface area contributed by atoms with E-state index < -0.39 is 0 Å². The van der Waals surface area contributed by atoms with Gasteiger partial charge < -0.3 is 27.2 Å². The molecular formula is C35H54BrNO2. The number of fused-ring (bicyclic) bond motifs is 7. The maximum Gasteiger partial charge on any atom is 0.169 e. The van der Waals surface area contributed by atoms with E-state index in [0.717, 1.165) is 25.3 Å². The van der Waals surface area contributed by atoms with Gasteiger partial charge in [0, 0.05) is 18.7 Å². The van der Waals surface area contributed by atoms with Crippen molar-refractivity contribution in [3.8, 4) is 0 Å². The Kier molecular flexibility index (Phi) is 7.59. The molecule has 10 atom stereocenters. The zero-order chi connectivity index (χ0) is 27.1. The molecule has 5 aliphatic rings. The van der Waals surface area contributed by atoms with E-state index in [9.17, 15) is 10.2 Å². The second-order valence-corrected chi connectivity index (χ2v) is 15.9. The number of nitrogens with zero attached hydrogens (tertiary/aromatic N) is 1. The van der Waals surface area contributed by atoms with Gasteiger partial charge in [0.15, 0.2) is 18.9 Å². The van der Waals surface area contributed by atoms with Gasteiger partial charge >= 0.3 is 0 Å². The largest absolute Gasteiger partial charge is 1.00 e. The number of aromatic nitrogens is 1. The van der Waals surface area contributed by atoms with Gasteiger partial charge in [-0.3, -0.25) is 0 Å². The van der Waals surface area contributed by atoms with Crippen LogP contribution in [0.3, 0.4) is 0 Å². The molecule has 1 unspecified atom stereocenters. The summed E-state index contributed by atoms with van der Waals surface area (Å²) in [5.41, 5.74) is 2.41. The summed E-state index contributed by atoms with van der Waals surface area (Å²) in [6.07, 6.45) is 16.3. The van der Waals surface area contributed by atoms with Crippen LogP contribution in [0.25, 0.3) is 0 Å². The lowest BCUT2D eigenvalue weighted by molar-refractivity contribution is -0.689. The van der Waals surface area contributed by atoms with Crippen molar-refractivity contribution >= 4 is 0 Å². The minimum absolute atomic E-state index is 0. The van der Waals surface area contributed by atoms with Crippen LogP contribution in [-0.4, -0.2) is 22.9 Å². The fraction of sp³-hybridized carbons (Fsp3) is 0.800. The number of hydrogen-bond donors (Lipinski definition) is 2. The van der Waals surface area contributed by atoms with E-state index in [2.05, 4.69) is 69.8 Å². The zero-order valence-corrected chi connectivity index (χ0v) is 26.8. The van der Waals surface area contributed by atoms with Gasteiger partial charge in [0.2, 0.25) is 0 Å². The molecule has 1 heterocycles. The van der Waals surface area contributed by atoms with Crippen molar-refractivity contribution in [1.29, 1.82) is 0 Å². The van der Waals surface area contributed by atoms with Crippen molar-refractivity contribution in [3.63, 3.8) is 0 Å². The van der Waals surface area contributed by atoms with E-state index in [1.165, 1.54) is 56.9 Å². The first kappa shape index (κ1) is 29.8. The number of hydrogen-bond acceptors (Lipinski definition) is 2. The third kappa shape index (κ3) is 4.03. The van der Waals surface area contributed by atoms with E-state index in [0.29, 0.717) is 46.5 Å². The Labute approximate surface area is 248 Å². The van der Waals surface area contributed by atoms with Crippen molar-refractivity contribution in [3.05, 3.63) is 42.7 Å². The summed E-state index contributed by atoms with van der Waals surface area (Å²) in [6.45, 7) is 18.6. The van der Waals surface area contributed by atoms with Crippen LogP contribution in [0.4, 0.5) is 0 Å². The van der Waals surface area contributed by atoms with Crippen molar-refractivity contribution in [2.75, 3.05) is 6.61 Å². The van der Waals surface area contributed by atoms with E-state index >= 15 is 0 Å². The molecule has 2 N–H and O–H groups in total. The second-order valence-electron chi connectivity index (χ2n) is 15.9. The molecule has 3 nitrogen and oxygen atoms in total. The molecule has 5 fully saturated rings. The molecule has 6 rings (SSSR count). The minimum atomic E-state index is -0.163. The van der Waals surface area contributed by atoms with E-state index in [1.807, 2.05) is 0 Å². The maximum absolute atomic E-state index is 11.0. The first-order chi connectivity index (χ1) is 17.9. The monoisotopic (exact) mass is 599 g/mol. The minimum Gasteiger partial charge on any atom is -1.00 e. The van der Waals surface area contributed by atoms with Crippen LogP contribution in [0.15, 0.2) is 42.7 Å². The number of allylic oxidation sites excluding steroid dienone is 1. The summed E-state index contributed by atoms with van der Waals surface area (Å²) < 4.78 is 2.28. The Bertz CT molecular complexity index is 1070. The summed E-state index contributed by atoms with van der Waals surface area (Å²) in [5.74, 6) is 3.06. The summed E-state index contributed by atoms with van der Waals surface area (Å²) in [4.78, 5) is 0. The molecule has 1 aromatic rings. The predicted octanol–water partition coefficient (Wildman–Crippen LogP) is 3.97. The fourth-order valence-electron chi connectivity index (χ4n) is 12.3. The quantitative estimate of drug-likeness (QED) is 0.406. The van der Waals surface area contributed by atoms with Crippen LogP contribution in [0.1, 0.15) is 98.8 Å². The molecule has 5 aliphatic carbocycles. The zero-order valence-electron chi connectivity index (χ0n) is 25.3. The lowest BCUT2D eigenvalue weighted by Crippen LogP contribution is -3.00. The molecule has 0 saturated heterocycles. The first-order valence-corrected chi connectivity index (χ1v) is 15.8. The lowest BCUT2D eigenvalue weighted by atomic mass is 9.32. The van der Waals surface area contributed by atoms with Crippen molar-refractivity contribution in [2.24, 2.45) is 56.7 Å². The highest BCUT2D eigenvalue weighted by Crippen LogP contribution is 2.77. The van der Waals surface area contributed by atoms with E-state index in [1.54, 1.807) is 0 Å². The highest BCUT2D eigenvalue weighted by Gasteiger charge is 2.70. The average molecular weight is 601 g/mol. The van der Waals surface area contributed by atoms with Crippen LogP contribution in [0.2, 0.25) is 0 Å².